The van der Waals surface area contributed by atoms with E-state index in [1.807, 2.05) is 0 Å². The van der Waals surface area contributed by atoms with Crippen molar-refractivity contribution in [2.75, 3.05) is 18.6 Å². The fraction of sp³-hybridized carbons (Fsp3) is 0.818. The molecule has 18 heavy (non-hydrogen) atoms. The minimum Gasteiger partial charge on any atom is -0.480 e. The Morgan fingerprint density at radius 2 is 2.00 bits per heavy atom. The van der Waals surface area contributed by atoms with Gasteiger partial charge in [-0.05, 0) is 24.7 Å². The van der Waals surface area contributed by atoms with Crippen molar-refractivity contribution >= 4 is 21.7 Å². The summed E-state index contributed by atoms with van der Waals surface area (Å²) in [6.07, 6.45) is 3.71. The number of carbonyl (C=O) groups excluding carboxylic acids is 1. The van der Waals surface area contributed by atoms with E-state index in [1.54, 1.807) is 0 Å². The second-order valence-electron chi connectivity index (χ2n) is 5.25. The highest BCUT2D eigenvalue weighted by atomic mass is 32.2. The Kier molecular flexibility index (Phi) is 3.35. The molecule has 2 fully saturated rings. The first-order valence-electron chi connectivity index (χ1n) is 5.99. The maximum absolute atomic E-state index is 11.9. The number of carboxylic acid groups (broad SMARTS) is 1. The molecule has 0 aromatic heterocycles. The number of carboxylic acids is 1. The first kappa shape index (κ1) is 13.3. The average molecular weight is 275 g/mol. The van der Waals surface area contributed by atoms with E-state index < -0.39 is 33.5 Å². The van der Waals surface area contributed by atoms with Crippen molar-refractivity contribution in [3.63, 3.8) is 0 Å². The Labute approximate surface area is 106 Å². The smallest absolute Gasteiger partial charge is 0.326 e. The van der Waals surface area contributed by atoms with Crippen molar-refractivity contribution in [3.05, 3.63) is 0 Å². The normalized spacial score (nSPS) is 31.4. The first-order chi connectivity index (χ1) is 8.29. The number of rotatable bonds is 3. The molecule has 1 aliphatic heterocycles. The fourth-order valence-electron chi connectivity index (χ4n) is 3.19. The van der Waals surface area contributed by atoms with E-state index in [2.05, 4.69) is 0 Å². The summed E-state index contributed by atoms with van der Waals surface area (Å²) in [5.41, 5.74) is 0. The van der Waals surface area contributed by atoms with Gasteiger partial charge in [-0.1, -0.05) is 6.42 Å². The summed E-state index contributed by atoms with van der Waals surface area (Å²) in [6.45, 7) is 0.385. The zero-order valence-electron chi connectivity index (χ0n) is 10.2. The fourth-order valence-corrected chi connectivity index (χ4v) is 3.80. The molecule has 0 aromatic rings. The molecule has 0 radical (unpaired) electrons. The van der Waals surface area contributed by atoms with Gasteiger partial charge in [-0.3, -0.25) is 4.79 Å². The van der Waals surface area contributed by atoms with Crippen LogP contribution in [0.3, 0.4) is 0 Å². The lowest BCUT2D eigenvalue weighted by atomic mass is 9.94. The molecule has 7 heteroatoms. The van der Waals surface area contributed by atoms with Crippen LogP contribution in [-0.2, 0) is 19.4 Å². The van der Waals surface area contributed by atoms with Crippen molar-refractivity contribution in [2.45, 2.75) is 25.3 Å². The molecule has 0 spiro atoms. The highest BCUT2D eigenvalue weighted by Gasteiger charge is 2.49. The minimum absolute atomic E-state index is 0.00832. The highest BCUT2D eigenvalue weighted by Crippen LogP contribution is 2.42. The van der Waals surface area contributed by atoms with E-state index in [4.69, 9.17) is 0 Å². The van der Waals surface area contributed by atoms with Crippen LogP contribution >= 0.6 is 0 Å². The molecule has 1 heterocycles. The molecule has 1 N–H and O–H groups in total. The van der Waals surface area contributed by atoms with Gasteiger partial charge in [-0.15, -0.1) is 0 Å². The molecule has 0 aromatic carbocycles. The van der Waals surface area contributed by atoms with Gasteiger partial charge in [0.15, 0.2) is 9.84 Å². The zero-order chi connectivity index (χ0) is 13.5. The Bertz CT molecular complexity index is 472. The van der Waals surface area contributed by atoms with Crippen molar-refractivity contribution in [1.29, 1.82) is 0 Å². The van der Waals surface area contributed by atoms with E-state index >= 15 is 0 Å². The molecule has 0 bridgehead atoms. The molecule has 1 aliphatic carbocycles. The third kappa shape index (κ3) is 2.50. The van der Waals surface area contributed by atoms with E-state index in [-0.39, 0.29) is 11.8 Å². The Morgan fingerprint density at radius 1 is 1.33 bits per heavy atom. The molecular weight excluding hydrogens is 258 g/mol. The molecule has 3 atom stereocenters. The number of hydrogen-bond donors (Lipinski definition) is 1. The van der Waals surface area contributed by atoms with Gasteiger partial charge < -0.3 is 10.0 Å². The van der Waals surface area contributed by atoms with Gasteiger partial charge in [0.05, 0.1) is 0 Å². The molecule has 1 saturated heterocycles. The number of nitrogens with zero attached hydrogens (tertiary/aromatic N) is 1. The van der Waals surface area contributed by atoms with Crippen LogP contribution in [0.25, 0.3) is 0 Å². The molecule has 6 nitrogen and oxygen atoms in total. The summed E-state index contributed by atoms with van der Waals surface area (Å²) < 4.78 is 22.3. The quantitative estimate of drug-likeness (QED) is 0.766. The summed E-state index contributed by atoms with van der Waals surface area (Å²) in [7, 11) is -3.42. The number of carbonyl (C=O) groups is 2. The minimum atomic E-state index is -3.42. The maximum Gasteiger partial charge on any atom is 0.326 e. The third-order valence-electron chi connectivity index (χ3n) is 3.85. The molecular formula is C11H17NO5S. The number of likely N-dealkylation sites (tertiary alicyclic amines) is 1. The van der Waals surface area contributed by atoms with Crippen LogP contribution in [0, 0.1) is 11.8 Å². The molecule has 2 rings (SSSR count). The summed E-state index contributed by atoms with van der Waals surface area (Å²) in [5, 5.41) is 9.23. The SMILES string of the molecule is CS(=O)(=O)CC(=O)N1CC2CCCC2C1C(=O)O. The van der Waals surface area contributed by atoms with Gasteiger partial charge >= 0.3 is 5.97 Å². The lowest BCUT2D eigenvalue weighted by Gasteiger charge is -2.24. The van der Waals surface area contributed by atoms with Gasteiger partial charge in [0.2, 0.25) is 5.91 Å². The van der Waals surface area contributed by atoms with Crippen LogP contribution in [-0.4, -0.2) is 54.9 Å². The summed E-state index contributed by atoms with van der Waals surface area (Å²) in [5.74, 6) is -2.00. The maximum atomic E-state index is 11.9. The van der Waals surface area contributed by atoms with Crippen LogP contribution < -0.4 is 0 Å². The van der Waals surface area contributed by atoms with E-state index in [0.717, 1.165) is 25.5 Å². The Morgan fingerprint density at radius 3 is 2.56 bits per heavy atom. The largest absolute Gasteiger partial charge is 0.480 e. The number of amides is 1. The first-order valence-corrected chi connectivity index (χ1v) is 8.05. The van der Waals surface area contributed by atoms with E-state index in [9.17, 15) is 23.1 Å². The van der Waals surface area contributed by atoms with Crippen LogP contribution in [0.2, 0.25) is 0 Å². The van der Waals surface area contributed by atoms with Crippen LogP contribution in [0.15, 0.2) is 0 Å². The van der Waals surface area contributed by atoms with Crippen LogP contribution in [0.1, 0.15) is 19.3 Å². The molecule has 1 saturated carbocycles. The van der Waals surface area contributed by atoms with Crippen molar-refractivity contribution in [1.82, 2.24) is 4.90 Å². The predicted octanol–water partition coefficient (Wildman–Crippen LogP) is -0.257. The van der Waals surface area contributed by atoms with Gasteiger partial charge in [0.1, 0.15) is 11.8 Å². The van der Waals surface area contributed by atoms with E-state index in [0.29, 0.717) is 6.54 Å². The van der Waals surface area contributed by atoms with Crippen molar-refractivity contribution in [3.8, 4) is 0 Å². The second-order valence-corrected chi connectivity index (χ2v) is 7.39. The third-order valence-corrected chi connectivity index (χ3v) is 4.62. The lowest BCUT2D eigenvalue weighted by molar-refractivity contribution is -0.148. The second kappa shape index (κ2) is 4.53. The van der Waals surface area contributed by atoms with Gasteiger partial charge in [-0.25, -0.2) is 13.2 Å². The number of fused-ring (bicyclic) bond motifs is 1. The summed E-state index contributed by atoms with van der Waals surface area (Å²) in [6, 6.07) is -0.841. The van der Waals surface area contributed by atoms with Crippen LogP contribution in [0.5, 0.6) is 0 Å². The Balaban J connectivity index is 2.17. The summed E-state index contributed by atoms with van der Waals surface area (Å²) >= 11 is 0. The highest BCUT2D eigenvalue weighted by molar-refractivity contribution is 7.91. The van der Waals surface area contributed by atoms with Gasteiger partial charge in [0.25, 0.3) is 0 Å². The number of hydrogen-bond acceptors (Lipinski definition) is 4. The molecule has 2 aliphatic rings. The molecule has 3 unspecified atom stereocenters. The summed E-state index contributed by atoms with van der Waals surface area (Å²) in [4.78, 5) is 24.4. The number of sulfone groups is 1. The van der Waals surface area contributed by atoms with Crippen LogP contribution in [0.4, 0.5) is 0 Å². The predicted molar refractivity (Wildman–Crippen MR) is 63.7 cm³/mol. The Hall–Kier alpha value is -1.11. The number of aliphatic carboxylic acids is 1. The molecule has 1 amide bonds. The molecule has 102 valence electrons. The monoisotopic (exact) mass is 275 g/mol. The standard InChI is InChI=1S/C11H17NO5S/c1-18(16,17)6-9(13)12-5-7-3-2-4-8(7)10(12)11(14)15/h7-8,10H,2-6H2,1H3,(H,14,15). The average Bonchev–Trinajstić information content (AvgIpc) is 2.70. The van der Waals surface area contributed by atoms with Crippen molar-refractivity contribution < 1.29 is 23.1 Å². The van der Waals surface area contributed by atoms with E-state index in [1.165, 1.54) is 4.90 Å². The topological polar surface area (TPSA) is 91.8 Å². The zero-order valence-corrected chi connectivity index (χ0v) is 11.0. The van der Waals surface area contributed by atoms with Gasteiger partial charge in [-0.2, -0.15) is 0 Å². The lowest BCUT2D eigenvalue weighted by Crippen LogP contribution is -2.45. The van der Waals surface area contributed by atoms with Crippen molar-refractivity contribution in [2.24, 2.45) is 11.8 Å². The van der Waals surface area contributed by atoms with Gasteiger partial charge in [0, 0.05) is 12.8 Å².